The number of aromatic hydroxyl groups is 1. The number of carbonyl (C=O) groups excluding carboxylic acids is 1. The van der Waals surface area contributed by atoms with E-state index in [0.29, 0.717) is 23.4 Å². The summed E-state index contributed by atoms with van der Waals surface area (Å²) in [7, 11) is 1.58. The van der Waals surface area contributed by atoms with Crippen molar-refractivity contribution in [3.05, 3.63) is 91.9 Å². The van der Waals surface area contributed by atoms with E-state index in [9.17, 15) is 15.2 Å². The maximum absolute atomic E-state index is 12.5. The lowest BCUT2D eigenvalue weighted by Crippen LogP contribution is -2.13. The Morgan fingerprint density at radius 1 is 1.13 bits per heavy atom. The van der Waals surface area contributed by atoms with Crippen LogP contribution in [0.25, 0.3) is 6.08 Å². The number of nitrogens with one attached hydrogen (secondary N) is 1. The molecule has 0 spiro atoms. The zero-order valence-corrected chi connectivity index (χ0v) is 19.7. The highest BCUT2D eigenvalue weighted by Crippen LogP contribution is 2.33. The second-order valence-corrected chi connectivity index (χ2v) is 8.33. The van der Waals surface area contributed by atoms with Crippen LogP contribution in [0.1, 0.15) is 16.7 Å². The molecule has 0 bridgehead atoms. The van der Waals surface area contributed by atoms with Crippen molar-refractivity contribution in [2.24, 2.45) is 0 Å². The lowest BCUT2D eigenvalue weighted by atomic mass is 10.0. The fourth-order valence-electron chi connectivity index (χ4n) is 2.96. The molecule has 0 aliphatic heterocycles. The zero-order valence-electron chi connectivity index (χ0n) is 16.5. The maximum atomic E-state index is 12.5. The molecule has 7 heteroatoms. The normalized spacial score (nSPS) is 11.0. The van der Waals surface area contributed by atoms with E-state index in [1.54, 1.807) is 25.3 Å². The smallest absolute Gasteiger partial charge is 0.266 e. The number of methoxy groups -OCH3 is 1. The number of halogens is 2. The van der Waals surface area contributed by atoms with Crippen molar-refractivity contribution in [1.29, 1.82) is 5.26 Å². The summed E-state index contributed by atoms with van der Waals surface area (Å²) < 4.78 is 7.40. The molecule has 0 radical (unpaired) electrons. The molecule has 0 saturated heterocycles. The van der Waals surface area contributed by atoms with Gasteiger partial charge < -0.3 is 15.2 Å². The van der Waals surface area contributed by atoms with Crippen LogP contribution in [0.3, 0.4) is 0 Å². The third kappa shape index (κ3) is 5.75. The number of rotatable bonds is 6. The van der Waals surface area contributed by atoms with Crippen LogP contribution >= 0.6 is 31.9 Å². The Labute approximate surface area is 197 Å². The van der Waals surface area contributed by atoms with Gasteiger partial charge in [0.2, 0.25) is 0 Å². The number of benzene rings is 3. The summed E-state index contributed by atoms with van der Waals surface area (Å²) >= 11 is 7.17. The summed E-state index contributed by atoms with van der Waals surface area (Å²) in [6.07, 6.45) is 2.15. The third-order valence-corrected chi connectivity index (χ3v) is 6.00. The van der Waals surface area contributed by atoms with Crippen molar-refractivity contribution in [1.82, 2.24) is 0 Å². The Morgan fingerprint density at radius 3 is 2.48 bits per heavy atom. The summed E-state index contributed by atoms with van der Waals surface area (Å²) in [6, 6.07) is 19.6. The third-order valence-electron chi connectivity index (χ3n) is 4.52. The molecule has 31 heavy (non-hydrogen) atoms. The largest absolute Gasteiger partial charge is 0.508 e. The number of hydrogen-bond acceptors (Lipinski definition) is 4. The van der Waals surface area contributed by atoms with Gasteiger partial charge in [-0.25, -0.2) is 0 Å². The average Bonchev–Trinajstić information content (AvgIpc) is 2.76. The molecule has 0 heterocycles. The molecule has 3 aromatic rings. The lowest BCUT2D eigenvalue weighted by Gasteiger charge is -2.13. The first-order valence-electron chi connectivity index (χ1n) is 9.23. The number of carbonyl (C=O) groups is 1. The number of nitrogens with zero attached hydrogens (tertiary/aromatic N) is 1. The Morgan fingerprint density at radius 2 is 1.84 bits per heavy atom. The van der Waals surface area contributed by atoms with Crippen molar-refractivity contribution < 1.29 is 14.6 Å². The maximum Gasteiger partial charge on any atom is 0.266 e. The van der Waals surface area contributed by atoms with Crippen LogP contribution in [0.4, 0.5) is 5.69 Å². The molecule has 0 atom stereocenters. The summed E-state index contributed by atoms with van der Waals surface area (Å²) in [4.78, 5) is 12.5. The van der Waals surface area contributed by atoms with Gasteiger partial charge in [0.15, 0.2) is 0 Å². The Bertz CT molecular complexity index is 1180. The molecule has 0 aliphatic rings. The number of phenols is 1. The van der Waals surface area contributed by atoms with E-state index in [4.69, 9.17) is 4.74 Å². The fraction of sp³-hybridized carbons (Fsp3) is 0.0833. The van der Waals surface area contributed by atoms with Crippen LogP contribution in [0.5, 0.6) is 11.5 Å². The van der Waals surface area contributed by atoms with Crippen LogP contribution in [-0.4, -0.2) is 18.1 Å². The molecule has 0 aromatic heterocycles. The fourth-order valence-corrected chi connectivity index (χ4v) is 3.98. The molecule has 3 rings (SSSR count). The quantitative estimate of drug-likeness (QED) is 0.226. The van der Waals surface area contributed by atoms with E-state index in [2.05, 4.69) is 37.2 Å². The minimum absolute atomic E-state index is 0.0550. The summed E-state index contributed by atoms with van der Waals surface area (Å²) in [6.45, 7) is 0. The van der Waals surface area contributed by atoms with E-state index in [0.717, 1.165) is 20.1 Å². The summed E-state index contributed by atoms with van der Waals surface area (Å²) in [5, 5.41) is 21.5. The monoisotopic (exact) mass is 540 g/mol. The highest BCUT2D eigenvalue weighted by atomic mass is 79.9. The van der Waals surface area contributed by atoms with Gasteiger partial charge in [-0.1, -0.05) is 50.1 Å². The predicted octanol–water partition coefficient (Wildman–Crippen LogP) is 6.06. The Hall–Kier alpha value is -3.08. The molecule has 0 unspecified atom stereocenters. The van der Waals surface area contributed by atoms with Crippen LogP contribution in [0.15, 0.2) is 75.2 Å². The van der Waals surface area contributed by atoms with Gasteiger partial charge in [0, 0.05) is 26.6 Å². The van der Waals surface area contributed by atoms with Crippen molar-refractivity contribution in [2.75, 3.05) is 12.4 Å². The molecule has 156 valence electrons. The van der Waals surface area contributed by atoms with Gasteiger partial charge in [-0.3, -0.25) is 4.79 Å². The van der Waals surface area contributed by atoms with Gasteiger partial charge in [-0.05, 0) is 59.7 Å². The van der Waals surface area contributed by atoms with Crippen molar-refractivity contribution >= 4 is 49.5 Å². The predicted molar refractivity (Wildman–Crippen MR) is 128 cm³/mol. The van der Waals surface area contributed by atoms with Crippen LogP contribution in [0.2, 0.25) is 0 Å². The average molecular weight is 542 g/mol. The number of phenolic OH excluding ortho intramolecular Hbond substituents is 1. The van der Waals surface area contributed by atoms with E-state index in [1.807, 2.05) is 36.4 Å². The van der Waals surface area contributed by atoms with Crippen LogP contribution in [-0.2, 0) is 11.2 Å². The Balaban J connectivity index is 1.89. The summed E-state index contributed by atoms with van der Waals surface area (Å²) in [5.41, 5.74) is 3.14. The first-order chi connectivity index (χ1) is 14.9. The number of anilines is 1. The molecule has 0 saturated carbocycles. The van der Waals surface area contributed by atoms with Crippen LogP contribution < -0.4 is 10.1 Å². The van der Waals surface area contributed by atoms with Gasteiger partial charge in [-0.15, -0.1) is 0 Å². The molecule has 1 amide bonds. The lowest BCUT2D eigenvalue weighted by molar-refractivity contribution is -0.112. The van der Waals surface area contributed by atoms with Crippen molar-refractivity contribution in [3.8, 4) is 17.6 Å². The first-order valence-corrected chi connectivity index (χ1v) is 10.8. The number of ether oxygens (including phenoxy) is 1. The van der Waals surface area contributed by atoms with Gasteiger partial charge in [0.1, 0.15) is 23.1 Å². The van der Waals surface area contributed by atoms with Gasteiger partial charge in [-0.2, -0.15) is 5.26 Å². The molecular weight excluding hydrogens is 524 g/mol. The minimum atomic E-state index is -0.541. The van der Waals surface area contributed by atoms with Crippen LogP contribution in [0, 0.1) is 11.3 Å². The van der Waals surface area contributed by atoms with Gasteiger partial charge in [0.25, 0.3) is 5.91 Å². The molecule has 5 nitrogen and oxygen atoms in total. The number of amides is 1. The van der Waals surface area contributed by atoms with Crippen molar-refractivity contribution in [3.63, 3.8) is 0 Å². The minimum Gasteiger partial charge on any atom is -0.508 e. The van der Waals surface area contributed by atoms with Crippen molar-refractivity contribution in [2.45, 2.75) is 6.42 Å². The first kappa shape index (κ1) is 22.6. The molecule has 0 aliphatic carbocycles. The highest BCUT2D eigenvalue weighted by molar-refractivity contribution is 9.10. The highest BCUT2D eigenvalue weighted by Gasteiger charge is 2.14. The number of nitriles is 1. The van der Waals surface area contributed by atoms with E-state index in [1.165, 1.54) is 18.2 Å². The standard InChI is InChI=1S/C24H18Br2N2O3/c1-31-23-12-15(11-22(26)20(23)13-16-4-2-3-5-21(16)25)10-17(14-27)24(30)28-18-6-8-19(29)9-7-18/h2-12,29H,13H2,1H3,(H,28,30)/b17-10+. The summed E-state index contributed by atoms with van der Waals surface area (Å²) in [5.74, 6) is 0.196. The second kappa shape index (κ2) is 10.3. The van der Waals surface area contributed by atoms with E-state index in [-0.39, 0.29) is 11.3 Å². The molecule has 2 N–H and O–H groups in total. The molecular formula is C24H18Br2N2O3. The van der Waals surface area contributed by atoms with Gasteiger partial charge >= 0.3 is 0 Å². The molecule has 0 fully saturated rings. The zero-order chi connectivity index (χ0) is 22.4. The molecule has 3 aromatic carbocycles. The number of hydrogen-bond donors (Lipinski definition) is 2. The SMILES string of the molecule is COc1cc(/C=C(\C#N)C(=O)Nc2ccc(O)cc2)cc(Br)c1Cc1ccccc1Br. The Kier molecular flexibility index (Phi) is 7.50. The topological polar surface area (TPSA) is 82.3 Å². The van der Waals surface area contributed by atoms with E-state index < -0.39 is 5.91 Å². The van der Waals surface area contributed by atoms with Gasteiger partial charge in [0.05, 0.1) is 7.11 Å². The van der Waals surface area contributed by atoms with E-state index >= 15 is 0 Å². The second-order valence-electron chi connectivity index (χ2n) is 6.62.